The first-order valence-corrected chi connectivity index (χ1v) is 8.13. The van der Waals surface area contributed by atoms with Crippen molar-refractivity contribution in [3.63, 3.8) is 0 Å². The molecule has 0 fully saturated rings. The predicted octanol–water partition coefficient (Wildman–Crippen LogP) is 3.22. The van der Waals surface area contributed by atoms with Crippen molar-refractivity contribution >= 4 is 11.6 Å². The van der Waals surface area contributed by atoms with Crippen molar-refractivity contribution < 1.29 is 9.84 Å². The maximum atomic E-state index is 10.1. The molecule has 1 N–H and O–H groups in total. The van der Waals surface area contributed by atoms with E-state index in [2.05, 4.69) is 6.07 Å². The lowest BCUT2D eigenvalue weighted by molar-refractivity contribution is 0.0127. The van der Waals surface area contributed by atoms with E-state index in [4.69, 9.17) is 21.6 Å². The Balaban J connectivity index is 1.74. The van der Waals surface area contributed by atoms with Gasteiger partial charge in [0.15, 0.2) is 0 Å². The summed E-state index contributed by atoms with van der Waals surface area (Å²) in [6.07, 6.45) is -0.586. The van der Waals surface area contributed by atoms with Gasteiger partial charge in [0.25, 0.3) is 0 Å². The molecule has 126 valence electrons. The van der Waals surface area contributed by atoms with Crippen LogP contribution in [-0.4, -0.2) is 36.3 Å². The molecule has 0 aliphatic carbocycles. The maximum Gasteiger partial charge on any atom is 0.0991 e. The summed E-state index contributed by atoms with van der Waals surface area (Å²) in [5, 5.41) is 19.7. The molecule has 0 spiro atoms. The molecule has 0 radical (unpaired) electrons. The molecule has 0 aliphatic heterocycles. The zero-order valence-corrected chi connectivity index (χ0v) is 14.4. The molecule has 0 saturated heterocycles. The highest BCUT2D eigenvalue weighted by Gasteiger charge is 2.10. The summed E-state index contributed by atoms with van der Waals surface area (Å²) in [7, 11) is 1.93. The highest BCUT2D eigenvalue weighted by molar-refractivity contribution is 6.31. The number of aliphatic hydroxyl groups excluding tert-OH is 1. The van der Waals surface area contributed by atoms with Crippen molar-refractivity contribution in [1.29, 1.82) is 5.26 Å². The quantitative estimate of drug-likeness (QED) is 0.798. The van der Waals surface area contributed by atoms with Gasteiger partial charge in [-0.25, -0.2) is 0 Å². The first-order valence-electron chi connectivity index (χ1n) is 7.75. The van der Waals surface area contributed by atoms with Crippen LogP contribution in [0.5, 0.6) is 0 Å². The van der Waals surface area contributed by atoms with Crippen LogP contribution in [0.2, 0.25) is 5.02 Å². The van der Waals surface area contributed by atoms with E-state index in [1.807, 2.05) is 54.4 Å². The van der Waals surface area contributed by atoms with Crippen molar-refractivity contribution in [1.82, 2.24) is 4.90 Å². The second-order valence-corrected chi connectivity index (χ2v) is 6.18. The third-order valence-electron chi connectivity index (χ3n) is 3.56. The molecule has 0 amide bonds. The van der Waals surface area contributed by atoms with Crippen LogP contribution in [0.4, 0.5) is 0 Å². The van der Waals surface area contributed by atoms with E-state index in [0.29, 0.717) is 30.3 Å². The normalized spacial score (nSPS) is 12.1. The van der Waals surface area contributed by atoms with Crippen LogP contribution in [0.15, 0.2) is 48.5 Å². The van der Waals surface area contributed by atoms with Crippen LogP contribution in [0, 0.1) is 11.3 Å². The average Bonchev–Trinajstić information content (AvgIpc) is 2.56. The van der Waals surface area contributed by atoms with Gasteiger partial charge >= 0.3 is 0 Å². The van der Waals surface area contributed by atoms with Gasteiger partial charge in [0.1, 0.15) is 0 Å². The molecule has 1 unspecified atom stereocenters. The predicted molar refractivity (Wildman–Crippen MR) is 94.6 cm³/mol. The minimum Gasteiger partial charge on any atom is -0.389 e. The number of hydrogen-bond acceptors (Lipinski definition) is 4. The molecule has 5 heteroatoms. The Morgan fingerprint density at radius 2 is 2.04 bits per heavy atom. The van der Waals surface area contributed by atoms with Gasteiger partial charge in [-0.2, -0.15) is 5.26 Å². The highest BCUT2D eigenvalue weighted by Crippen LogP contribution is 2.15. The number of nitrogens with zero attached hydrogens (tertiary/aromatic N) is 2. The average molecular weight is 345 g/mol. The second-order valence-electron chi connectivity index (χ2n) is 5.77. The summed E-state index contributed by atoms with van der Waals surface area (Å²) in [4.78, 5) is 2.00. The minimum absolute atomic E-state index is 0.244. The van der Waals surface area contributed by atoms with E-state index in [1.165, 1.54) is 0 Å². The van der Waals surface area contributed by atoms with E-state index in [0.717, 1.165) is 11.1 Å². The highest BCUT2D eigenvalue weighted by atomic mass is 35.5. The van der Waals surface area contributed by atoms with Gasteiger partial charge in [-0.3, -0.25) is 4.90 Å². The number of ether oxygens (including phenoxy) is 1. The Labute approximate surface area is 147 Å². The van der Waals surface area contributed by atoms with Crippen LogP contribution in [-0.2, 0) is 17.9 Å². The topological polar surface area (TPSA) is 56.5 Å². The van der Waals surface area contributed by atoms with E-state index in [9.17, 15) is 5.11 Å². The van der Waals surface area contributed by atoms with Gasteiger partial charge in [-0.1, -0.05) is 41.9 Å². The zero-order valence-electron chi connectivity index (χ0n) is 13.7. The van der Waals surface area contributed by atoms with Crippen molar-refractivity contribution in [2.75, 3.05) is 20.2 Å². The summed E-state index contributed by atoms with van der Waals surface area (Å²) in [5.74, 6) is 0. The lowest BCUT2D eigenvalue weighted by atomic mass is 10.1. The Hall–Kier alpha value is -1.90. The summed E-state index contributed by atoms with van der Waals surface area (Å²) in [6, 6.07) is 17.1. The Kier molecular flexibility index (Phi) is 7.23. The maximum absolute atomic E-state index is 10.1. The van der Waals surface area contributed by atoms with Gasteiger partial charge in [-0.15, -0.1) is 0 Å². The van der Waals surface area contributed by atoms with Crippen molar-refractivity contribution in [3.05, 3.63) is 70.2 Å². The molecule has 4 nitrogen and oxygen atoms in total. The number of aliphatic hydroxyl groups is 1. The van der Waals surface area contributed by atoms with Crippen LogP contribution in [0.1, 0.15) is 16.7 Å². The van der Waals surface area contributed by atoms with Gasteiger partial charge in [0.05, 0.1) is 31.0 Å². The number of halogens is 1. The molecule has 2 aromatic rings. The summed E-state index contributed by atoms with van der Waals surface area (Å²) in [6.45, 7) is 1.77. The van der Waals surface area contributed by atoms with E-state index >= 15 is 0 Å². The first kappa shape index (κ1) is 18.4. The molecule has 0 bridgehead atoms. The fourth-order valence-electron chi connectivity index (χ4n) is 2.45. The summed E-state index contributed by atoms with van der Waals surface area (Å²) >= 11 is 6.07. The molecule has 2 aromatic carbocycles. The standard InChI is InChI=1S/C19H21ClN2O2/c1-22(11-16-6-4-5-15(9-16)10-21)12-18(23)14-24-13-17-7-2-3-8-19(17)20/h2-9,18,23H,11-14H2,1H3. The first-order chi connectivity index (χ1) is 11.6. The van der Waals surface area contributed by atoms with Gasteiger partial charge in [-0.05, 0) is 36.4 Å². The monoisotopic (exact) mass is 344 g/mol. The second kappa shape index (κ2) is 9.41. The number of benzene rings is 2. The lowest BCUT2D eigenvalue weighted by Gasteiger charge is -2.20. The molecule has 0 aromatic heterocycles. The van der Waals surface area contributed by atoms with Crippen LogP contribution in [0.25, 0.3) is 0 Å². The molecular formula is C19H21ClN2O2. The van der Waals surface area contributed by atoms with Crippen LogP contribution in [0.3, 0.4) is 0 Å². The van der Waals surface area contributed by atoms with E-state index < -0.39 is 6.10 Å². The molecule has 24 heavy (non-hydrogen) atoms. The number of nitriles is 1. The number of hydrogen-bond donors (Lipinski definition) is 1. The molecule has 0 heterocycles. The SMILES string of the molecule is CN(Cc1cccc(C#N)c1)CC(O)COCc1ccccc1Cl. The molecule has 0 saturated carbocycles. The van der Waals surface area contributed by atoms with Gasteiger partial charge < -0.3 is 9.84 Å². The Bertz CT molecular complexity index is 700. The fraction of sp³-hybridized carbons (Fsp3) is 0.316. The third kappa shape index (κ3) is 5.95. The largest absolute Gasteiger partial charge is 0.389 e. The van der Waals surface area contributed by atoms with Crippen molar-refractivity contribution in [2.24, 2.45) is 0 Å². The van der Waals surface area contributed by atoms with E-state index in [1.54, 1.807) is 6.07 Å². The van der Waals surface area contributed by atoms with Crippen molar-refractivity contribution in [3.8, 4) is 6.07 Å². The van der Waals surface area contributed by atoms with Gasteiger partial charge in [0, 0.05) is 18.1 Å². The molecule has 1 atom stereocenters. The number of rotatable bonds is 8. The summed E-state index contributed by atoms with van der Waals surface area (Å²) in [5.41, 5.74) is 2.60. The fourth-order valence-corrected chi connectivity index (χ4v) is 2.64. The molecular weight excluding hydrogens is 324 g/mol. The molecule has 2 rings (SSSR count). The minimum atomic E-state index is -0.586. The Morgan fingerprint density at radius 1 is 1.25 bits per heavy atom. The van der Waals surface area contributed by atoms with Crippen LogP contribution < -0.4 is 0 Å². The summed E-state index contributed by atoms with van der Waals surface area (Å²) < 4.78 is 5.55. The third-order valence-corrected chi connectivity index (χ3v) is 3.93. The lowest BCUT2D eigenvalue weighted by Crippen LogP contribution is -2.31. The van der Waals surface area contributed by atoms with Crippen molar-refractivity contribution in [2.45, 2.75) is 19.3 Å². The number of likely N-dealkylation sites (N-methyl/N-ethyl adjacent to an activating group) is 1. The van der Waals surface area contributed by atoms with E-state index in [-0.39, 0.29) is 6.61 Å². The molecule has 0 aliphatic rings. The van der Waals surface area contributed by atoms with Gasteiger partial charge in [0.2, 0.25) is 0 Å². The van der Waals surface area contributed by atoms with Crippen LogP contribution >= 0.6 is 11.6 Å². The Morgan fingerprint density at radius 3 is 2.79 bits per heavy atom. The smallest absolute Gasteiger partial charge is 0.0991 e. The zero-order chi connectivity index (χ0) is 17.4.